The van der Waals surface area contributed by atoms with E-state index in [2.05, 4.69) is 38.0 Å². The minimum absolute atomic E-state index is 0.588. The topological polar surface area (TPSA) is 61.2 Å². The van der Waals surface area contributed by atoms with E-state index in [1.165, 1.54) is 44.0 Å². The Morgan fingerprint density at radius 3 is 3.23 bits per heavy atom. The maximum absolute atomic E-state index is 5.94. The quantitative estimate of drug-likeness (QED) is 0.932. The molecule has 22 heavy (non-hydrogen) atoms. The van der Waals surface area contributed by atoms with Crippen LogP contribution in [0.4, 0.5) is 0 Å². The van der Waals surface area contributed by atoms with E-state index in [4.69, 9.17) is 4.42 Å². The van der Waals surface area contributed by atoms with Gasteiger partial charge in [0.1, 0.15) is 12.1 Å². The maximum atomic E-state index is 5.94. The number of aromatic amines is 1. The van der Waals surface area contributed by atoms with Crippen LogP contribution in [0.25, 0.3) is 0 Å². The van der Waals surface area contributed by atoms with E-state index in [1.54, 1.807) is 0 Å². The molecule has 4 rings (SSSR count). The maximum Gasteiger partial charge on any atom is 0.191 e. The van der Waals surface area contributed by atoms with Crippen molar-refractivity contribution in [1.29, 1.82) is 0 Å². The number of rotatable bonds is 4. The van der Waals surface area contributed by atoms with Crippen molar-refractivity contribution in [3.8, 4) is 0 Å². The van der Waals surface area contributed by atoms with Gasteiger partial charge in [0.15, 0.2) is 10.2 Å². The van der Waals surface area contributed by atoms with Crippen molar-refractivity contribution in [3.05, 3.63) is 24.2 Å². The zero-order chi connectivity index (χ0) is 14.9. The Kier molecular flexibility index (Phi) is 3.94. The van der Waals surface area contributed by atoms with Gasteiger partial charge in [-0.25, -0.2) is 4.98 Å². The van der Waals surface area contributed by atoms with Gasteiger partial charge in [0.2, 0.25) is 0 Å². The first-order valence-electron chi connectivity index (χ1n) is 7.88. The third-order valence-corrected chi connectivity index (χ3v) is 5.46. The molecule has 118 valence electrons. The molecule has 2 fully saturated rings. The molecule has 0 radical (unpaired) electrons. The summed E-state index contributed by atoms with van der Waals surface area (Å²) in [5.41, 5.74) is 0. The third kappa shape index (κ3) is 2.93. The smallest absolute Gasteiger partial charge is 0.191 e. The monoisotopic (exact) mass is 319 g/mol. The first-order valence-corrected chi connectivity index (χ1v) is 8.69. The van der Waals surface area contributed by atoms with Gasteiger partial charge >= 0.3 is 0 Å². The lowest BCUT2D eigenvalue weighted by Gasteiger charge is -2.41. The molecule has 0 aliphatic carbocycles. The number of fused-ring (bicyclic) bond motifs is 1. The summed E-state index contributed by atoms with van der Waals surface area (Å²) in [6.45, 7) is 6.84. The summed E-state index contributed by atoms with van der Waals surface area (Å²) in [7, 11) is 0. The molecule has 0 unspecified atom stereocenters. The van der Waals surface area contributed by atoms with Crippen LogP contribution < -0.4 is 0 Å². The van der Waals surface area contributed by atoms with Gasteiger partial charge < -0.3 is 4.42 Å². The molecule has 0 aromatic carbocycles. The molecule has 0 spiro atoms. The highest BCUT2D eigenvalue weighted by Gasteiger charge is 2.34. The van der Waals surface area contributed by atoms with Crippen molar-refractivity contribution in [3.63, 3.8) is 0 Å². The van der Waals surface area contributed by atoms with Gasteiger partial charge in [0, 0.05) is 25.2 Å². The van der Waals surface area contributed by atoms with Crippen molar-refractivity contribution >= 4 is 11.8 Å². The highest BCUT2D eigenvalue weighted by atomic mass is 32.2. The first-order chi connectivity index (χ1) is 10.8. The number of nitrogens with zero attached hydrogens (tertiary/aromatic N) is 4. The zero-order valence-electron chi connectivity index (χ0n) is 12.7. The van der Waals surface area contributed by atoms with E-state index in [-0.39, 0.29) is 0 Å². The second-order valence-corrected chi connectivity index (χ2v) is 7.18. The Morgan fingerprint density at radius 1 is 1.41 bits per heavy atom. The number of H-pyrrole nitrogens is 1. The van der Waals surface area contributed by atoms with Gasteiger partial charge in [-0.15, -0.1) is 0 Å². The Morgan fingerprint density at radius 2 is 2.36 bits per heavy atom. The molecule has 0 saturated carbocycles. The molecule has 2 aliphatic heterocycles. The van der Waals surface area contributed by atoms with Gasteiger partial charge in [0.25, 0.3) is 0 Å². The predicted molar refractivity (Wildman–Crippen MR) is 83.7 cm³/mol. The lowest BCUT2D eigenvalue weighted by Crippen LogP contribution is -2.54. The van der Waals surface area contributed by atoms with Crippen molar-refractivity contribution in [1.82, 2.24) is 25.0 Å². The van der Waals surface area contributed by atoms with Crippen LogP contribution in [0.2, 0.25) is 0 Å². The lowest BCUT2D eigenvalue weighted by atomic mass is 10.1. The number of aromatic nitrogens is 3. The third-order valence-electron chi connectivity index (χ3n) is 4.65. The molecule has 2 saturated heterocycles. The van der Waals surface area contributed by atoms with Gasteiger partial charge in [-0.2, -0.15) is 5.10 Å². The van der Waals surface area contributed by atoms with Crippen LogP contribution in [0.5, 0.6) is 0 Å². The summed E-state index contributed by atoms with van der Waals surface area (Å²) in [6, 6.07) is 5.42. The van der Waals surface area contributed by atoms with Crippen LogP contribution in [-0.4, -0.2) is 56.7 Å². The highest BCUT2D eigenvalue weighted by Crippen LogP contribution is 2.29. The summed E-state index contributed by atoms with van der Waals surface area (Å²) in [4.78, 5) is 9.30. The van der Waals surface area contributed by atoms with E-state index in [9.17, 15) is 0 Å². The number of hydrogen-bond donors (Lipinski definition) is 1. The van der Waals surface area contributed by atoms with Crippen LogP contribution in [0.3, 0.4) is 0 Å². The van der Waals surface area contributed by atoms with Crippen LogP contribution in [-0.2, 0) is 6.54 Å². The molecule has 2 aromatic heterocycles. The van der Waals surface area contributed by atoms with Gasteiger partial charge in [-0.05, 0) is 50.2 Å². The van der Waals surface area contributed by atoms with E-state index in [0.717, 1.165) is 35.1 Å². The van der Waals surface area contributed by atoms with Crippen LogP contribution in [0, 0.1) is 0 Å². The molecule has 0 bridgehead atoms. The lowest BCUT2D eigenvalue weighted by molar-refractivity contribution is 0.0486. The SMILES string of the molecule is C[C@H]1CN2CCC[C@H]2CN1Cc1ccc(Sc2ncn[nH]2)o1. The van der Waals surface area contributed by atoms with Crippen LogP contribution >= 0.6 is 11.8 Å². The van der Waals surface area contributed by atoms with Gasteiger partial charge in [-0.1, -0.05) is 0 Å². The van der Waals surface area contributed by atoms with E-state index < -0.39 is 0 Å². The fourth-order valence-corrected chi connectivity index (χ4v) is 4.18. The molecule has 2 aliphatic rings. The summed E-state index contributed by atoms with van der Waals surface area (Å²) in [5.74, 6) is 1.03. The number of piperazine rings is 1. The molecule has 2 atom stereocenters. The highest BCUT2D eigenvalue weighted by molar-refractivity contribution is 7.99. The number of nitrogens with one attached hydrogen (secondary N) is 1. The van der Waals surface area contributed by atoms with Gasteiger partial charge in [-0.3, -0.25) is 14.9 Å². The second-order valence-electron chi connectivity index (χ2n) is 6.18. The largest absolute Gasteiger partial charge is 0.453 e. The van der Waals surface area contributed by atoms with Crippen molar-refractivity contribution in [2.45, 2.75) is 48.6 Å². The van der Waals surface area contributed by atoms with Crippen molar-refractivity contribution < 1.29 is 4.42 Å². The second kappa shape index (κ2) is 6.06. The van der Waals surface area contributed by atoms with Crippen LogP contribution in [0.1, 0.15) is 25.5 Å². The Labute approximate surface area is 134 Å². The molecule has 1 N–H and O–H groups in total. The summed E-state index contributed by atoms with van der Waals surface area (Å²) >= 11 is 1.47. The average molecular weight is 319 g/mol. The van der Waals surface area contributed by atoms with E-state index >= 15 is 0 Å². The molecule has 6 nitrogen and oxygen atoms in total. The number of hydrogen-bond acceptors (Lipinski definition) is 6. The van der Waals surface area contributed by atoms with Crippen molar-refractivity contribution in [2.24, 2.45) is 0 Å². The molecule has 4 heterocycles. The molecule has 0 amide bonds. The summed E-state index contributed by atoms with van der Waals surface area (Å²) in [5, 5.41) is 8.30. The zero-order valence-corrected chi connectivity index (χ0v) is 13.6. The normalized spacial score (nSPS) is 26.4. The Balaban J connectivity index is 1.39. The Hall–Kier alpha value is -1.31. The van der Waals surface area contributed by atoms with E-state index in [1.807, 2.05) is 6.07 Å². The minimum Gasteiger partial charge on any atom is -0.453 e. The van der Waals surface area contributed by atoms with Crippen molar-refractivity contribution in [2.75, 3.05) is 19.6 Å². The first kappa shape index (κ1) is 14.3. The van der Waals surface area contributed by atoms with E-state index in [0.29, 0.717) is 6.04 Å². The Bertz CT molecular complexity index is 613. The molecule has 7 heteroatoms. The fraction of sp³-hybridized carbons (Fsp3) is 0.600. The minimum atomic E-state index is 0.588. The molecule has 2 aromatic rings. The predicted octanol–water partition coefficient (Wildman–Crippen LogP) is 2.22. The summed E-state index contributed by atoms with van der Waals surface area (Å²) < 4.78 is 5.94. The molecular weight excluding hydrogens is 298 g/mol. The summed E-state index contributed by atoms with van der Waals surface area (Å²) in [6.07, 6.45) is 4.20. The average Bonchev–Trinajstić information content (AvgIpc) is 3.22. The fourth-order valence-electron chi connectivity index (χ4n) is 3.51. The number of furan rings is 1. The van der Waals surface area contributed by atoms with Crippen LogP contribution in [0.15, 0.2) is 33.1 Å². The van der Waals surface area contributed by atoms with Gasteiger partial charge in [0.05, 0.1) is 6.54 Å². The standard InChI is InChI=1S/C15H21N5OS/c1-11-7-19-6-2-3-12(19)8-20(11)9-13-4-5-14(21-13)22-15-16-10-17-18-15/h4-5,10-12H,2-3,6-9H2,1H3,(H,16,17,18)/t11-,12-/m0/s1. The molecular formula is C15H21N5OS.